The molecule has 0 unspecified atom stereocenters. The Hall–Kier alpha value is -1.28. The number of nitrogens with zero attached hydrogens (tertiary/aromatic N) is 1. The van der Waals surface area contributed by atoms with Crippen LogP contribution in [0.25, 0.3) is 11.3 Å². The molecule has 1 aromatic heterocycles. The maximum absolute atomic E-state index is 4.38. The fourth-order valence-corrected chi connectivity index (χ4v) is 1.78. The second-order valence-corrected chi connectivity index (χ2v) is 3.84. The first-order valence-electron chi connectivity index (χ1n) is 4.93. The second-order valence-electron chi connectivity index (χ2n) is 3.52. The highest BCUT2D eigenvalue weighted by Crippen LogP contribution is 2.21. The van der Waals surface area contributed by atoms with Gasteiger partial charge in [-0.15, -0.1) is 0 Å². The van der Waals surface area contributed by atoms with Gasteiger partial charge in [-0.3, -0.25) is 4.98 Å². The van der Waals surface area contributed by atoms with Gasteiger partial charge < -0.3 is 0 Å². The highest BCUT2D eigenvalue weighted by Gasteiger charge is 2.02. The lowest BCUT2D eigenvalue weighted by molar-refractivity contribution is 1.26. The minimum absolute atomic E-state index is 0.751. The molecule has 0 aliphatic rings. The van der Waals surface area contributed by atoms with Gasteiger partial charge in [0, 0.05) is 17.5 Å². The molecule has 0 spiro atoms. The van der Waals surface area contributed by atoms with Crippen LogP contribution in [0.5, 0.6) is 0 Å². The number of aromatic nitrogens is 1. The zero-order valence-corrected chi connectivity index (χ0v) is 9.54. The van der Waals surface area contributed by atoms with E-state index < -0.39 is 0 Å². The molecular weight excluding hydrogens is 202 g/mol. The van der Waals surface area contributed by atoms with Gasteiger partial charge in [-0.25, -0.2) is 0 Å². The van der Waals surface area contributed by atoms with E-state index in [1.54, 1.807) is 0 Å². The van der Waals surface area contributed by atoms with Gasteiger partial charge in [-0.05, 0) is 30.2 Å². The lowest BCUT2D eigenvalue weighted by Gasteiger charge is -2.05. The monoisotopic (exact) mass is 215 g/mol. The first-order valence-corrected chi connectivity index (χ1v) is 5.56. The molecule has 0 aliphatic heterocycles. The van der Waals surface area contributed by atoms with Crippen molar-refractivity contribution in [1.29, 1.82) is 0 Å². The van der Waals surface area contributed by atoms with Crippen LogP contribution >= 0.6 is 12.6 Å². The highest BCUT2D eigenvalue weighted by molar-refractivity contribution is 7.79. The molecule has 2 rings (SSSR count). The van der Waals surface area contributed by atoms with E-state index >= 15 is 0 Å². The quantitative estimate of drug-likeness (QED) is 0.757. The van der Waals surface area contributed by atoms with Crippen molar-refractivity contribution in [2.45, 2.75) is 12.7 Å². The van der Waals surface area contributed by atoms with Crippen molar-refractivity contribution in [3.8, 4) is 11.3 Å². The summed E-state index contributed by atoms with van der Waals surface area (Å²) in [6.07, 6.45) is 1.84. The van der Waals surface area contributed by atoms with Crippen LogP contribution in [0.4, 0.5) is 0 Å². The van der Waals surface area contributed by atoms with Gasteiger partial charge in [0.2, 0.25) is 0 Å². The summed E-state index contributed by atoms with van der Waals surface area (Å²) in [7, 11) is 0. The molecule has 0 saturated carbocycles. The van der Waals surface area contributed by atoms with Crippen LogP contribution in [0.3, 0.4) is 0 Å². The van der Waals surface area contributed by atoms with Gasteiger partial charge >= 0.3 is 0 Å². The summed E-state index contributed by atoms with van der Waals surface area (Å²) < 4.78 is 0. The molecule has 0 bridgehead atoms. The van der Waals surface area contributed by atoms with Crippen LogP contribution in [0.15, 0.2) is 42.6 Å². The number of aryl methyl sites for hydroxylation is 1. The Morgan fingerprint density at radius 3 is 2.73 bits per heavy atom. The number of rotatable bonds is 2. The smallest absolute Gasteiger partial charge is 0.0707 e. The van der Waals surface area contributed by atoms with Gasteiger partial charge in [-0.2, -0.15) is 12.6 Å². The molecule has 1 nitrogen and oxygen atoms in total. The average Bonchev–Trinajstić information content (AvgIpc) is 2.30. The Labute approximate surface area is 95.6 Å². The zero-order chi connectivity index (χ0) is 10.7. The fourth-order valence-electron chi connectivity index (χ4n) is 1.58. The van der Waals surface area contributed by atoms with Crippen molar-refractivity contribution in [3.63, 3.8) is 0 Å². The molecule has 0 atom stereocenters. The first-order chi connectivity index (χ1) is 7.31. The van der Waals surface area contributed by atoms with Crippen LogP contribution in [0.1, 0.15) is 11.1 Å². The zero-order valence-electron chi connectivity index (χ0n) is 8.64. The van der Waals surface area contributed by atoms with Crippen LogP contribution in [0.2, 0.25) is 0 Å². The largest absolute Gasteiger partial charge is 0.256 e. The molecule has 0 N–H and O–H groups in total. The molecule has 1 aromatic carbocycles. The lowest BCUT2D eigenvalue weighted by Crippen LogP contribution is -1.88. The summed E-state index contributed by atoms with van der Waals surface area (Å²) in [5, 5.41) is 0. The van der Waals surface area contributed by atoms with Crippen molar-refractivity contribution in [3.05, 3.63) is 53.7 Å². The Morgan fingerprint density at radius 1 is 1.20 bits per heavy atom. The van der Waals surface area contributed by atoms with Gasteiger partial charge in [0.1, 0.15) is 0 Å². The molecule has 0 saturated heterocycles. The molecule has 76 valence electrons. The topological polar surface area (TPSA) is 12.9 Å². The molecule has 2 heteroatoms. The third kappa shape index (κ3) is 2.21. The Balaban J connectivity index is 2.49. The number of thiol groups is 1. The van der Waals surface area contributed by atoms with E-state index in [0.717, 1.165) is 11.4 Å². The summed E-state index contributed by atoms with van der Waals surface area (Å²) in [5.41, 5.74) is 4.67. The third-order valence-electron chi connectivity index (χ3n) is 2.43. The van der Waals surface area contributed by atoms with E-state index in [1.165, 1.54) is 16.7 Å². The maximum atomic E-state index is 4.38. The molecule has 1 heterocycles. The lowest BCUT2D eigenvalue weighted by atomic mass is 10.0. The van der Waals surface area contributed by atoms with Crippen molar-refractivity contribution < 1.29 is 0 Å². The van der Waals surface area contributed by atoms with Crippen LogP contribution in [0, 0.1) is 6.92 Å². The third-order valence-corrected chi connectivity index (χ3v) is 2.79. The second kappa shape index (κ2) is 4.49. The van der Waals surface area contributed by atoms with E-state index in [2.05, 4.69) is 42.7 Å². The van der Waals surface area contributed by atoms with Crippen molar-refractivity contribution in [2.24, 2.45) is 0 Å². The van der Waals surface area contributed by atoms with Crippen molar-refractivity contribution in [1.82, 2.24) is 4.98 Å². The number of pyridine rings is 1. The maximum Gasteiger partial charge on any atom is 0.0707 e. The first kappa shape index (κ1) is 10.2. The summed E-state index contributed by atoms with van der Waals surface area (Å²) in [5.74, 6) is 0.751. The van der Waals surface area contributed by atoms with Gasteiger partial charge in [-0.1, -0.05) is 24.3 Å². The van der Waals surface area contributed by atoms with Crippen molar-refractivity contribution >= 4 is 12.6 Å². The average molecular weight is 215 g/mol. The predicted molar refractivity (Wildman–Crippen MR) is 67.1 cm³/mol. The molecule has 2 aromatic rings. The summed E-state index contributed by atoms with van der Waals surface area (Å²) in [6, 6.07) is 12.4. The van der Waals surface area contributed by atoms with Gasteiger partial charge in [0.15, 0.2) is 0 Å². The van der Waals surface area contributed by atoms with E-state index in [9.17, 15) is 0 Å². The van der Waals surface area contributed by atoms with Crippen molar-refractivity contribution in [2.75, 3.05) is 0 Å². The summed E-state index contributed by atoms with van der Waals surface area (Å²) >= 11 is 4.27. The minimum atomic E-state index is 0.751. The van der Waals surface area contributed by atoms with Crippen LogP contribution in [-0.4, -0.2) is 4.98 Å². The molecule has 0 radical (unpaired) electrons. The van der Waals surface area contributed by atoms with E-state index in [-0.39, 0.29) is 0 Å². The number of hydrogen-bond acceptors (Lipinski definition) is 2. The van der Waals surface area contributed by atoms with E-state index in [4.69, 9.17) is 0 Å². The van der Waals surface area contributed by atoms with Gasteiger partial charge in [0.05, 0.1) is 5.69 Å². The summed E-state index contributed by atoms with van der Waals surface area (Å²) in [4.78, 5) is 4.38. The number of hydrogen-bond donors (Lipinski definition) is 1. The minimum Gasteiger partial charge on any atom is -0.256 e. The molecule has 0 amide bonds. The SMILES string of the molecule is Cc1ccccc1-c1cc(CS)ccn1. The van der Waals surface area contributed by atoms with Gasteiger partial charge in [0.25, 0.3) is 0 Å². The van der Waals surface area contributed by atoms with E-state index in [1.807, 2.05) is 24.4 Å². The Bertz CT molecular complexity index is 466. The fraction of sp³-hybridized carbons (Fsp3) is 0.154. The normalized spacial score (nSPS) is 10.3. The highest BCUT2D eigenvalue weighted by atomic mass is 32.1. The molecule has 15 heavy (non-hydrogen) atoms. The molecular formula is C13H13NS. The van der Waals surface area contributed by atoms with E-state index in [0.29, 0.717) is 0 Å². The molecule has 0 aliphatic carbocycles. The predicted octanol–water partition coefficient (Wildman–Crippen LogP) is 3.49. The van der Waals surface area contributed by atoms with Crippen LogP contribution < -0.4 is 0 Å². The van der Waals surface area contributed by atoms with Crippen LogP contribution in [-0.2, 0) is 5.75 Å². The summed E-state index contributed by atoms with van der Waals surface area (Å²) in [6.45, 7) is 2.10. The Kier molecular flexibility index (Phi) is 3.07. The standard InChI is InChI=1S/C13H13NS/c1-10-4-2-3-5-12(10)13-8-11(9-15)6-7-14-13/h2-8,15H,9H2,1H3. The molecule has 0 fully saturated rings. The number of benzene rings is 1. The Morgan fingerprint density at radius 2 is 2.00 bits per heavy atom.